The number of nitrogens with one attached hydrogen (secondary N) is 2. The highest BCUT2D eigenvalue weighted by molar-refractivity contribution is 5.95. The van der Waals surface area contributed by atoms with Gasteiger partial charge in [0.1, 0.15) is 6.07 Å². The predicted octanol–water partition coefficient (Wildman–Crippen LogP) is 1.43. The Kier molecular flexibility index (Phi) is 2.72. The summed E-state index contributed by atoms with van der Waals surface area (Å²) >= 11 is 0. The maximum absolute atomic E-state index is 12.4. The molecule has 2 N–H and O–H groups in total. The summed E-state index contributed by atoms with van der Waals surface area (Å²) in [7, 11) is 0. The van der Waals surface area contributed by atoms with E-state index in [2.05, 4.69) is 16.7 Å². The van der Waals surface area contributed by atoms with Crippen molar-refractivity contribution in [3.63, 3.8) is 0 Å². The van der Waals surface area contributed by atoms with Crippen molar-refractivity contribution in [3.05, 3.63) is 41.7 Å². The Morgan fingerprint density at radius 3 is 3.05 bits per heavy atom. The molecule has 1 amide bonds. The van der Waals surface area contributed by atoms with Gasteiger partial charge in [-0.3, -0.25) is 4.79 Å². The highest BCUT2D eigenvalue weighted by atomic mass is 16.1. The third-order valence-corrected chi connectivity index (χ3v) is 4.61. The predicted molar refractivity (Wildman–Crippen MR) is 77.9 cm³/mol. The molecule has 0 saturated carbocycles. The zero-order valence-electron chi connectivity index (χ0n) is 11.5. The molecule has 2 bridgehead atoms. The smallest absolute Gasteiger partial charge is 0.251 e. The molecule has 5 nitrogen and oxygen atoms in total. The van der Waals surface area contributed by atoms with Crippen molar-refractivity contribution in [2.75, 3.05) is 0 Å². The van der Waals surface area contributed by atoms with E-state index in [0.29, 0.717) is 23.2 Å². The fraction of sp³-hybridized carbons (Fsp3) is 0.375. The van der Waals surface area contributed by atoms with E-state index in [1.165, 1.54) is 6.42 Å². The molecule has 2 aliphatic heterocycles. The summed E-state index contributed by atoms with van der Waals surface area (Å²) in [4.78, 5) is 12.4. The summed E-state index contributed by atoms with van der Waals surface area (Å²) in [6.07, 6.45) is 6.99. The van der Waals surface area contributed by atoms with E-state index >= 15 is 0 Å². The van der Waals surface area contributed by atoms with Crippen LogP contribution in [0.15, 0.2) is 30.6 Å². The largest absolute Gasteiger partial charge is 0.348 e. The quantitative estimate of drug-likeness (QED) is 0.874. The molecule has 0 aromatic carbocycles. The normalized spacial score (nSPS) is 26.9. The Bertz CT molecular complexity index is 757. The average Bonchev–Trinajstić information content (AvgIpc) is 3.20. The maximum atomic E-state index is 12.4. The van der Waals surface area contributed by atoms with Crippen molar-refractivity contribution >= 4 is 11.4 Å². The first-order chi connectivity index (χ1) is 10.2. The fourth-order valence-electron chi connectivity index (χ4n) is 3.55. The molecule has 2 aromatic heterocycles. The number of hydrogen-bond acceptors (Lipinski definition) is 3. The minimum atomic E-state index is -0.0310. The first kappa shape index (κ1) is 12.4. The number of fused-ring (bicyclic) bond motifs is 3. The minimum absolute atomic E-state index is 0.0310. The molecule has 5 heteroatoms. The van der Waals surface area contributed by atoms with Gasteiger partial charge >= 0.3 is 0 Å². The van der Waals surface area contributed by atoms with Crippen LogP contribution < -0.4 is 10.6 Å². The summed E-state index contributed by atoms with van der Waals surface area (Å²) in [5.41, 5.74) is 2.11. The van der Waals surface area contributed by atoms with Crippen LogP contribution in [0.4, 0.5) is 0 Å². The van der Waals surface area contributed by atoms with Crippen molar-refractivity contribution in [3.8, 4) is 6.07 Å². The Morgan fingerprint density at radius 2 is 2.33 bits per heavy atom. The average molecular weight is 280 g/mol. The minimum Gasteiger partial charge on any atom is -0.348 e. The van der Waals surface area contributed by atoms with Crippen LogP contribution in [0.1, 0.15) is 35.2 Å². The first-order valence-electron chi connectivity index (χ1n) is 7.32. The molecule has 2 aromatic rings. The summed E-state index contributed by atoms with van der Waals surface area (Å²) in [5, 5.41) is 15.6. The van der Waals surface area contributed by atoms with Gasteiger partial charge in [-0.25, -0.2) is 0 Å². The van der Waals surface area contributed by atoms with Gasteiger partial charge in [0.15, 0.2) is 0 Å². The summed E-state index contributed by atoms with van der Waals surface area (Å²) in [5.74, 6) is -0.0310. The molecule has 2 fully saturated rings. The van der Waals surface area contributed by atoms with Gasteiger partial charge in [0, 0.05) is 41.6 Å². The summed E-state index contributed by atoms with van der Waals surface area (Å²) in [6.45, 7) is 0. The lowest BCUT2D eigenvalue weighted by Gasteiger charge is -2.21. The fourth-order valence-corrected chi connectivity index (χ4v) is 3.55. The van der Waals surface area contributed by atoms with Gasteiger partial charge in [-0.2, -0.15) is 5.26 Å². The number of amides is 1. The number of hydrogen-bond donors (Lipinski definition) is 2. The van der Waals surface area contributed by atoms with E-state index in [0.717, 1.165) is 18.4 Å². The van der Waals surface area contributed by atoms with E-state index < -0.39 is 0 Å². The van der Waals surface area contributed by atoms with E-state index in [4.69, 9.17) is 5.26 Å². The lowest BCUT2D eigenvalue weighted by molar-refractivity contribution is 0.0931. The number of aromatic nitrogens is 1. The number of nitrogens with zero attached hydrogens (tertiary/aromatic N) is 2. The van der Waals surface area contributed by atoms with Crippen molar-refractivity contribution in [2.24, 2.45) is 0 Å². The molecular weight excluding hydrogens is 264 g/mol. The summed E-state index contributed by atoms with van der Waals surface area (Å²) in [6, 6.07) is 8.78. The molecule has 21 heavy (non-hydrogen) atoms. The molecule has 0 spiro atoms. The van der Waals surface area contributed by atoms with Crippen LogP contribution in [-0.4, -0.2) is 28.4 Å². The molecule has 0 radical (unpaired) electrons. The van der Waals surface area contributed by atoms with Crippen LogP contribution in [0.5, 0.6) is 0 Å². The summed E-state index contributed by atoms with van der Waals surface area (Å²) < 4.78 is 1.86. The monoisotopic (exact) mass is 280 g/mol. The van der Waals surface area contributed by atoms with Crippen LogP contribution in [0, 0.1) is 11.3 Å². The number of carbonyl (C=O) groups is 1. The molecule has 2 saturated heterocycles. The van der Waals surface area contributed by atoms with Gasteiger partial charge in [-0.1, -0.05) is 0 Å². The van der Waals surface area contributed by atoms with Crippen LogP contribution in [0.3, 0.4) is 0 Å². The lowest BCUT2D eigenvalue weighted by Crippen LogP contribution is -2.42. The Morgan fingerprint density at radius 1 is 1.43 bits per heavy atom. The van der Waals surface area contributed by atoms with Gasteiger partial charge < -0.3 is 15.0 Å². The third kappa shape index (κ3) is 2.08. The highest BCUT2D eigenvalue weighted by Gasteiger charge is 2.39. The van der Waals surface area contributed by atoms with E-state index in [1.807, 2.05) is 16.7 Å². The molecule has 106 valence electrons. The van der Waals surface area contributed by atoms with Crippen molar-refractivity contribution in [1.29, 1.82) is 5.26 Å². The topological polar surface area (TPSA) is 69.3 Å². The molecule has 4 rings (SSSR count). The molecule has 0 aliphatic carbocycles. The Balaban J connectivity index is 1.55. The number of rotatable bonds is 2. The molecule has 2 aliphatic rings. The van der Waals surface area contributed by atoms with E-state index in [1.54, 1.807) is 18.3 Å². The SMILES string of the molecule is N#Cc1cc2cc(C(=O)NC3CC4CCC3N4)ccn2c1. The second kappa shape index (κ2) is 4.61. The van der Waals surface area contributed by atoms with Crippen molar-refractivity contribution < 1.29 is 4.79 Å². The maximum Gasteiger partial charge on any atom is 0.251 e. The Hall–Kier alpha value is -2.32. The van der Waals surface area contributed by atoms with Crippen LogP contribution in [-0.2, 0) is 0 Å². The lowest BCUT2D eigenvalue weighted by atomic mass is 9.95. The van der Waals surface area contributed by atoms with Crippen molar-refractivity contribution in [1.82, 2.24) is 15.0 Å². The number of carbonyl (C=O) groups excluding carboxylic acids is 1. The van der Waals surface area contributed by atoms with E-state index in [-0.39, 0.29) is 11.9 Å². The van der Waals surface area contributed by atoms with Gasteiger partial charge in [0.05, 0.1) is 5.56 Å². The molecular formula is C16H16N4O. The standard InChI is InChI=1S/C16H16N4O/c17-8-10-5-13-6-11(3-4-20(13)9-10)16(21)19-15-7-12-1-2-14(15)18-12/h3-6,9,12,14-15,18H,1-2,7H2,(H,19,21). The van der Waals surface area contributed by atoms with Gasteiger partial charge in [-0.15, -0.1) is 0 Å². The van der Waals surface area contributed by atoms with Crippen LogP contribution in [0.25, 0.3) is 5.52 Å². The van der Waals surface area contributed by atoms with Crippen LogP contribution in [0.2, 0.25) is 0 Å². The second-order valence-electron chi connectivity index (χ2n) is 5.95. The Labute approximate surface area is 122 Å². The highest BCUT2D eigenvalue weighted by Crippen LogP contribution is 2.28. The zero-order chi connectivity index (χ0) is 14.4. The van der Waals surface area contributed by atoms with Gasteiger partial charge in [-0.05, 0) is 37.5 Å². The van der Waals surface area contributed by atoms with E-state index in [9.17, 15) is 4.79 Å². The molecule has 3 atom stereocenters. The van der Waals surface area contributed by atoms with Gasteiger partial charge in [0.2, 0.25) is 0 Å². The van der Waals surface area contributed by atoms with Crippen LogP contribution >= 0.6 is 0 Å². The molecule has 3 unspecified atom stereocenters. The van der Waals surface area contributed by atoms with Crippen molar-refractivity contribution in [2.45, 2.75) is 37.4 Å². The number of pyridine rings is 1. The van der Waals surface area contributed by atoms with Gasteiger partial charge in [0.25, 0.3) is 5.91 Å². The molecule has 4 heterocycles. The zero-order valence-corrected chi connectivity index (χ0v) is 11.5. The third-order valence-electron chi connectivity index (χ3n) is 4.61. The number of nitriles is 1. The first-order valence-corrected chi connectivity index (χ1v) is 7.32. The second-order valence-corrected chi connectivity index (χ2v) is 5.95.